The number of amides is 1. The fourth-order valence-electron chi connectivity index (χ4n) is 3.62. The Morgan fingerprint density at radius 2 is 1.76 bits per heavy atom. The number of carboxylic acid groups (broad SMARTS) is 1. The summed E-state index contributed by atoms with van der Waals surface area (Å²) in [7, 11) is 0. The molecule has 0 aliphatic rings. The zero-order valence-electron chi connectivity index (χ0n) is 15.4. The summed E-state index contributed by atoms with van der Waals surface area (Å²) in [6.45, 7) is -0.207. The van der Waals surface area contributed by atoms with Gasteiger partial charge >= 0.3 is 11.9 Å². The summed E-state index contributed by atoms with van der Waals surface area (Å²) in [4.78, 5) is 23.2. The van der Waals surface area contributed by atoms with Crippen LogP contribution in [0.5, 0.6) is 5.75 Å². The number of ether oxygens (including phenoxy) is 1. The molecular weight excluding hydrogens is 375 g/mol. The number of hydrogen-bond donors (Lipinski definition) is 2. The molecule has 0 aliphatic heterocycles. The van der Waals surface area contributed by atoms with Crippen molar-refractivity contribution in [3.63, 3.8) is 0 Å². The third-order valence-corrected chi connectivity index (χ3v) is 4.78. The first-order valence-corrected chi connectivity index (χ1v) is 8.95. The molecule has 6 nitrogen and oxygen atoms in total. The molecule has 7 heteroatoms. The van der Waals surface area contributed by atoms with Gasteiger partial charge in [-0.3, -0.25) is 5.73 Å². The molecule has 3 aromatic carbocycles. The molecule has 29 heavy (non-hydrogen) atoms. The third-order valence-electron chi connectivity index (χ3n) is 4.78. The molecule has 0 bridgehead atoms. The Labute approximate surface area is 164 Å². The summed E-state index contributed by atoms with van der Waals surface area (Å²) < 4.78 is 22.2. The topological polar surface area (TPSA) is 96.2 Å². The highest BCUT2D eigenvalue weighted by Crippen LogP contribution is 2.39. The Hall–Kier alpha value is -3.71. The lowest BCUT2D eigenvalue weighted by atomic mass is 10.1. The molecule has 0 radical (unpaired) electrons. The van der Waals surface area contributed by atoms with Gasteiger partial charge < -0.3 is 14.4 Å². The van der Waals surface area contributed by atoms with Gasteiger partial charge in [0.25, 0.3) is 0 Å². The van der Waals surface area contributed by atoms with Gasteiger partial charge in [-0.15, -0.1) is 0 Å². The van der Waals surface area contributed by atoms with E-state index in [1.165, 1.54) is 12.1 Å². The van der Waals surface area contributed by atoms with Gasteiger partial charge in [-0.05, 0) is 29.8 Å². The van der Waals surface area contributed by atoms with Crippen molar-refractivity contribution in [1.82, 2.24) is 4.57 Å². The van der Waals surface area contributed by atoms with Crippen molar-refractivity contribution in [3.8, 4) is 5.75 Å². The van der Waals surface area contributed by atoms with Crippen molar-refractivity contribution in [2.24, 2.45) is 0 Å². The lowest BCUT2D eigenvalue weighted by Crippen LogP contribution is -2.56. The molecule has 0 saturated carbocycles. The van der Waals surface area contributed by atoms with E-state index in [-0.39, 0.29) is 11.3 Å². The minimum Gasteiger partial charge on any atom is -0.481 e. The molecule has 0 atom stereocenters. The van der Waals surface area contributed by atoms with Crippen molar-refractivity contribution < 1.29 is 29.6 Å². The summed E-state index contributed by atoms with van der Waals surface area (Å²) in [6.07, 6.45) is 0. The molecule has 1 amide bonds. The fourth-order valence-corrected chi connectivity index (χ4v) is 3.62. The van der Waals surface area contributed by atoms with Crippen LogP contribution in [0.2, 0.25) is 0 Å². The minimum absolute atomic E-state index is 0.203. The van der Waals surface area contributed by atoms with E-state index < -0.39 is 24.3 Å². The van der Waals surface area contributed by atoms with Gasteiger partial charge in [-0.1, -0.05) is 36.4 Å². The SMILES string of the molecule is [NH3+]C(=O)c1cccc2c1c1c(OCC(=O)O)ccc(F)c1n2Cc1ccccc1. The van der Waals surface area contributed by atoms with Gasteiger partial charge in [0, 0.05) is 11.9 Å². The van der Waals surface area contributed by atoms with Crippen molar-refractivity contribution >= 4 is 33.7 Å². The molecule has 0 aliphatic carbocycles. The average molecular weight is 393 g/mol. The number of halogens is 1. The number of hydrogen-bond acceptors (Lipinski definition) is 3. The number of carboxylic acids is 1. The number of carbonyl (C=O) groups excluding carboxylic acids is 1. The first-order chi connectivity index (χ1) is 14.0. The summed E-state index contributed by atoms with van der Waals surface area (Å²) in [5.41, 5.74) is 5.68. The second-order valence-electron chi connectivity index (χ2n) is 6.65. The van der Waals surface area contributed by atoms with Crippen LogP contribution in [-0.4, -0.2) is 28.2 Å². The maximum absolute atomic E-state index is 15.0. The number of rotatable bonds is 6. The van der Waals surface area contributed by atoms with Gasteiger partial charge in [0.15, 0.2) is 6.61 Å². The van der Waals surface area contributed by atoms with Crippen molar-refractivity contribution in [2.45, 2.75) is 6.54 Å². The molecule has 4 N–H and O–H groups in total. The summed E-state index contributed by atoms with van der Waals surface area (Å²) >= 11 is 0. The van der Waals surface area contributed by atoms with E-state index in [9.17, 15) is 9.59 Å². The highest BCUT2D eigenvalue weighted by atomic mass is 19.1. The lowest BCUT2D eigenvalue weighted by molar-refractivity contribution is -0.254. The van der Waals surface area contributed by atoms with Gasteiger partial charge in [-0.2, -0.15) is 0 Å². The molecule has 0 spiro atoms. The quantitative estimate of drug-likeness (QED) is 0.526. The largest absolute Gasteiger partial charge is 0.481 e. The van der Waals surface area contributed by atoms with E-state index in [1.54, 1.807) is 22.8 Å². The standard InChI is InChI=1S/C22H17FN2O4/c23-15-9-10-17(29-12-18(26)27)20-19-14(22(24)28)7-4-8-16(19)25(21(15)20)11-13-5-2-1-3-6-13/h1-10H,11-12H2,(H2,24,28)(H,26,27)/p+1. The van der Waals surface area contributed by atoms with Crippen LogP contribution in [-0.2, 0) is 11.3 Å². The van der Waals surface area contributed by atoms with E-state index in [2.05, 4.69) is 5.73 Å². The maximum atomic E-state index is 15.0. The van der Waals surface area contributed by atoms with Gasteiger partial charge in [0.1, 0.15) is 11.6 Å². The molecule has 0 saturated heterocycles. The fraction of sp³-hybridized carbons (Fsp3) is 0.0909. The Morgan fingerprint density at radius 3 is 2.45 bits per heavy atom. The summed E-state index contributed by atoms with van der Waals surface area (Å²) in [5, 5.41) is 9.85. The third kappa shape index (κ3) is 3.32. The first-order valence-electron chi connectivity index (χ1n) is 8.95. The van der Waals surface area contributed by atoms with Crippen LogP contribution in [0.4, 0.5) is 4.39 Å². The van der Waals surface area contributed by atoms with Crippen LogP contribution in [0.25, 0.3) is 21.8 Å². The molecule has 1 aromatic heterocycles. The molecule has 4 rings (SSSR count). The molecule has 0 unspecified atom stereocenters. The Balaban J connectivity index is 2.08. The van der Waals surface area contributed by atoms with Crippen LogP contribution < -0.4 is 10.5 Å². The van der Waals surface area contributed by atoms with Gasteiger partial charge in [-0.25, -0.2) is 14.0 Å². The molecule has 146 valence electrons. The van der Waals surface area contributed by atoms with Crippen LogP contribution in [0, 0.1) is 5.82 Å². The molecule has 0 fully saturated rings. The van der Waals surface area contributed by atoms with Crippen LogP contribution in [0.15, 0.2) is 60.7 Å². The smallest absolute Gasteiger partial charge is 0.341 e. The van der Waals surface area contributed by atoms with Gasteiger partial charge in [0.2, 0.25) is 0 Å². The second kappa shape index (κ2) is 7.37. The number of fused-ring (bicyclic) bond motifs is 3. The highest BCUT2D eigenvalue weighted by molar-refractivity contribution is 6.18. The predicted molar refractivity (Wildman–Crippen MR) is 105 cm³/mol. The van der Waals surface area contributed by atoms with E-state index in [0.717, 1.165) is 5.56 Å². The van der Waals surface area contributed by atoms with Crippen molar-refractivity contribution in [2.75, 3.05) is 6.61 Å². The Kier molecular flexibility index (Phi) is 4.74. The number of aliphatic carboxylic acids is 1. The van der Waals surface area contributed by atoms with Crippen molar-refractivity contribution in [1.29, 1.82) is 0 Å². The average Bonchev–Trinajstić information content (AvgIpc) is 3.03. The van der Waals surface area contributed by atoms with Gasteiger partial charge in [0.05, 0.1) is 22.0 Å². The number of benzene rings is 3. The van der Waals surface area contributed by atoms with Crippen molar-refractivity contribution in [3.05, 3.63) is 77.6 Å². The molecule has 4 aromatic rings. The normalized spacial score (nSPS) is 11.1. The number of quaternary nitrogens is 1. The monoisotopic (exact) mass is 393 g/mol. The first kappa shape index (κ1) is 18.6. The maximum Gasteiger partial charge on any atom is 0.341 e. The van der Waals surface area contributed by atoms with E-state index in [0.29, 0.717) is 28.4 Å². The highest BCUT2D eigenvalue weighted by Gasteiger charge is 2.23. The minimum atomic E-state index is -1.15. The number of carbonyl (C=O) groups is 2. The number of nitrogens with zero attached hydrogens (tertiary/aromatic N) is 1. The second-order valence-corrected chi connectivity index (χ2v) is 6.65. The van der Waals surface area contributed by atoms with E-state index >= 15 is 4.39 Å². The Morgan fingerprint density at radius 1 is 1.00 bits per heavy atom. The lowest BCUT2D eigenvalue weighted by Gasteiger charge is -2.10. The molecular formula is C22H18FN2O4+. The van der Waals surface area contributed by atoms with Crippen LogP contribution in [0.3, 0.4) is 0 Å². The van der Waals surface area contributed by atoms with Crippen LogP contribution >= 0.6 is 0 Å². The predicted octanol–water partition coefficient (Wildman–Crippen LogP) is 2.83. The molecule has 1 heterocycles. The zero-order valence-corrected chi connectivity index (χ0v) is 15.4. The zero-order chi connectivity index (χ0) is 20.5. The summed E-state index contributed by atoms with van der Waals surface area (Å²) in [5.74, 6) is -1.85. The van der Waals surface area contributed by atoms with Crippen LogP contribution in [0.1, 0.15) is 15.9 Å². The number of aromatic nitrogens is 1. The Bertz CT molecular complexity index is 1250. The van der Waals surface area contributed by atoms with E-state index in [1.807, 2.05) is 30.3 Å². The summed E-state index contributed by atoms with van der Waals surface area (Å²) in [6, 6.07) is 17.3. The van der Waals surface area contributed by atoms with E-state index in [4.69, 9.17) is 9.84 Å².